The molecule has 0 radical (unpaired) electrons. The van der Waals surface area contributed by atoms with Gasteiger partial charge in [-0.1, -0.05) is 13.0 Å². The molecule has 2 nitrogen and oxygen atoms in total. The van der Waals surface area contributed by atoms with Gasteiger partial charge in [0.15, 0.2) is 0 Å². The highest BCUT2D eigenvalue weighted by atomic mass is 16.3. The molecule has 3 N–H and O–H groups in total. The van der Waals surface area contributed by atoms with Crippen molar-refractivity contribution in [3.05, 3.63) is 29.3 Å². The molecule has 13 heavy (non-hydrogen) atoms. The number of hydrogen-bond acceptors (Lipinski definition) is 2. The first-order valence-electron chi connectivity index (χ1n) is 4.64. The third-order valence-electron chi connectivity index (χ3n) is 2.25. The van der Waals surface area contributed by atoms with E-state index in [-0.39, 0.29) is 0 Å². The van der Waals surface area contributed by atoms with Crippen LogP contribution in [0.5, 0.6) is 5.75 Å². The summed E-state index contributed by atoms with van der Waals surface area (Å²) in [5.41, 5.74) is 7.75. The zero-order chi connectivity index (χ0) is 9.84. The van der Waals surface area contributed by atoms with Crippen molar-refractivity contribution in [2.45, 2.75) is 26.2 Å². The molecule has 0 fully saturated rings. The normalized spacial score (nSPS) is 12.8. The predicted octanol–water partition coefficient (Wildman–Crippen LogP) is 2.15. The van der Waals surface area contributed by atoms with E-state index in [9.17, 15) is 5.11 Å². The molecule has 0 aliphatic carbocycles. The topological polar surface area (TPSA) is 46.2 Å². The molecule has 0 saturated carbocycles. The first kappa shape index (κ1) is 10.1. The molecular formula is C11H17NO. The van der Waals surface area contributed by atoms with Crippen molar-refractivity contribution in [2.24, 2.45) is 5.73 Å². The lowest BCUT2D eigenvalue weighted by Crippen LogP contribution is -2.04. The van der Waals surface area contributed by atoms with Crippen molar-refractivity contribution < 1.29 is 5.11 Å². The van der Waals surface area contributed by atoms with E-state index in [1.165, 1.54) is 5.56 Å². The Morgan fingerprint density at radius 1 is 1.38 bits per heavy atom. The predicted molar refractivity (Wildman–Crippen MR) is 54.9 cm³/mol. The van der Waals surface area contributed by atoms with Gasteiger partial charge < -0.3 is 10.8 Å². The summed E-state index contributed by atoms with van der Waals surface area (Å²) in [6, 6.07) is 5.67. The molecule has 0 saturated heterocycles. The molecule has 0 spiro atoms. The van der Waals surface area contributed by atoms with Crippen LogP contribution in [0.2, 0.25) is 0 Å². The molecule has 1 aromatic rings. The van der Waals surface area contributed by atoms with E-state index in [0.29, 0.717) is 18.2 Å². The Kier molecular flexibility index (Phi) is 3.32. The zero-order valence-corrected chi connectivity index (χ0v) is 8.25. The summed E-state index contributed by atoms with van der Waals surface area (Å²) in [4.78, 5) is 0. The van der Waals surface area contributed by atoms with Gasteiger partial charge in [0.05, 0.1) is 0 Å². The summed E-state index contributed by atoms with van der Waals surface area (Å²) < 4.78 is 0. The van der Waals surface area contributed by atoms with Gasteiger partial charge in [-0.2, -0.15) is 0 Å². The fourth-order valence-corrected chi connectivity index (χ4v) is 1.49. The van der Waals surface area contributed by atoms with Gasteiger partial charge >= 0.3 is 0 Å². The quantitative estimate of drug-likeness (QED) is 0.746. The van der Waals surface area contributed by atoms with Crippen LogP contribution in [-0.4, -0.2) is 11.7 Å². The van der Waals surface area contributed by atoms with Crippen LogP contribution in [-0.2, 0) is 0 Å². The molecular weight excluding hydrogens is 162 g/mol. The molecule has 0 aliphatic rings. The second kappa shape index (κ2) is 4.28. The summed E-state index contributed by atoms with van der Waals surface area (Å²) in [7, 11) is 0. The third kappa shape index (κ3) is 2.74. The average molecular weight is 179 g/mol. The van der Waals surface area contributed by atoms with Gasteiger partial charge in [0, 0.05) is 0 Å². The average Bonchev–Trinajstić information content (AvgIpc) is 2.03. The summed E-state index contributed by atoms with van der Waals surface area (Å²) in [5.74, 6) is 0.773. The van der Waals surface area contributed by atoms with E-state index in [0.717, 1.165) is 12.0 Å². The van der Waals surface area contributed by atoms with Crippen LogP contribution in [0.25, 0.3) is 0 Å². The molecule has 1 aromatic carbocycles. The van der Waals surface area contributed by atoms with E-state index in [1.54, 1.807) is 6.07 Å². The Balaban J connectivity index is 2.87. The monoisotopic (exact) mass is 179 g/mol. The maximum absolute atomic E-state index is 9.38. The molecule has 0 aliphatic heterocycles. The fourth-order valence-electron chi connectivity index (χ4n) is 1.49. The number of hydrogen-bond donors (Lipinski definition) is 2. The van der Waals surface area contributed by atoms with Gasteiger partial charge in [0.1, 0.15) is 5.75 Å². The fraction of sp³-hybridized carbons (Fsp3) is 0.455. The van der Waals surface area contributed by atoms with Crippen molar-refractivity contribution >= 4 is 0 Å². The van der Waals surface area contributed by atoms with Gasteiger partial charge in [-0.05, 0) is 49.1 Å². The summed E-state index contributed by atoms with van der Waals surface area (Å²) in [6.07, 6.45) is 0.961. The highest BCUT2D eigenvalue weighted by Crippen LogP contribution is 2.23. The van der Waals surface area contributed by atoms with Crippen molar-refractivity contribution in [2.75, 3.05) is 6.54 Å². The smallest absolute Gasteiger partial charge is 0.116 e. The molecule has 72 valence electrons. The van der Waals surface area contributed by atoms with Crippen molar-refractivity contribution in [3.8, 4) is 5.75 Å². The molecule has 0 amide bonds. The number of phenolic OH excluding ortho intramolecular Hbond substituents is 1. The van der Waals surface area contributed by atoms with Crippen LogP contribution in [0.1, 0.15) is 30.4 Å². The lowest BCUT2D eigenvalue weighted by Gasteiger charge is -2.11. The van der Waals surface area contributed by atoms with E-state index < -0.39 is 0 Å². The standard InChI is InChI=1S/C11H17NO/c1-8-5-10(7-11(13)6-8)9(2)3-4-12/h5-7,9,13H,3-4,12H2,1-2H3. The van der Waals surface area contributed by atoms with Gasteiger partial charge in [0.25, 0.3) is 0 Å². The molecule has 1 atom stereocenters. The highest BCUT2D eigenvalue weighted by Gasteiger charge is 2.05. The van der Waals surface area contributed by atoms with Gasteiger partial charge in [-0.15, -0.1) is 0 Å². The molecule has 0 bridgehead atoms. The number of benzene rings is 1. The van der Waals surface area contributed by atoms with E-state index in [1.807, 2.05) is 13.0 Å². The number of aryl methyl sites for hydroxylation is 1. The Bertz CT molecular complexity index is 263. The maximum Gasteiger partial charge on any atom is 0.116 e. The van der Waals surface area contributed by atoms with E-state index in [2.05, 4.69) is 13.0 Å². The Hall–Kier alpha value is -1.02. The minimum absolute atomic E-state index is 0.346. The van der Waals surface area contributed by atoms with Crippen molar-refractivity contribution in [1.29, 1.82) is 0 Å². The van der Waals surface area contributed by atoms with E-state index >= 15 is 0 Å². The number of phenols is 1. The highest BCUT2D eigenvalue weighted by molar-refractivity contribution is 5.34. The molecule has 0 heterocycles. The Morgan fingerprint density at radius 2 is 2.08 bits per heavy atom. The number of aromatic hydroxyl groups is 1. The molecule has 2 heteroatoms. The van der Waals surface area contributed by atoms with Gasteiger partial charge in [-0.3, -0.25) is 0 Å². The van der Waals surface area contributed by atoms with Gasteiger partial charge in [-0.25, -0.2) is 0 Å². The van der Waals surface area contributed by atoms with E-state index in [4.69, 9.17) is 5.73 Å². The maximum atomic E-state index is 9.38. The summed E-state index contributed by atoms with van der Waals surface area (Å²) in [6.45, 7) is 4.80. The SMILES string of the molecule is Cc1cc(O)cc(C(C)CCN)c1. The minimum atomic E-state index is 0.346. The molecule has 1 unspecified atom stereocenters. The second-order valence-electron chi connectivity index (χ2n) is 3.58. The third-order valence-corrected chi connectivity index (χ3v) is 2.25. The van der Waals surface area contributed by atoms with Crippen LogP contribution < -0.4 is 5.73 Å². The first-order valence-corrected chi connectivity index (χ1v) is 4.64. The van der Waals surface area contributed by atoms with Crippen LogP contribution in [0.15, 0.2) is 18.2 Å². The Morgan fingerprint density at radius 3 is 2.62 bits per heavy atom. The van der Waals surface area contributed by atoms with Crippen LogP contribution in [0, 0.1) is 6.92 Å². The minimum Gasteiger partial charge on any atom is -0.508 e. The lowest BCUT2D eigenvalue weighted by atomic mass is 9.96. The number of rotatable bonds is 3. The first-order chi connectivity index (χ1) is 6.13. The summed E-state index contributed by atoms with van der Waals surface area (Å²) >= 11 is 0. The molecule has 1 rings (SSSR count). The zero-order valence-electron chi connectivity index (χ0n) is 8.25. The van der Waals surface area contributed by atoms with Gasteiger partial charge in [0.2, 0.25) is 0 Å². The van der Waals surface area contributed by atoms with Crippen LogP contribution in [0.4, 0.5) is 0 Å². The van der Waals surface area contributed by atoms with Crippen molar-refractivity contribution in [1.82, 2.24) is 0 Å². The van der Waals surface area contributed by atoms with Crippen molar-refractivity contribution in [3.63, 3.8) is 0 Å². The molecule has 0 aromatic heterocycles. The second-order valence-corrected chi connectivity index (χ2v) is 3.58. The Labute approximate surface area is 79.4 Å². The number of nitrogens with two attached hydrogens (primary N) is 1. The lowest BCUT2D eigenvalue weighted by molar-refractivity contribution is 0.473. The largest absolute Gasteiger partial charge is 0.508 e. The van der Waals surface area contributed by atoms with Crippen LogP contribution >= 0.6 is 0 Å². The van der Waals surface area contributed by atoms with Crippen LogP contribution in [0.3, 0.4) is 0 Å². The summed E-state index contributed by atoms with van der Waals surface area (Å²) in [5, 5.41) is 9.38.